The molecular formula is C22H24N4O. The maximum absolute atomic E-state index is 12.3. The number of nitrogens with one attached hydrogen (secondary N) is 1. The summed E-state index contributed by atoms with van der Waals surface area (Å²) >= 11 is 0. The fourth-order valence-corrected chi connectivity index (χ4v) is 2.99. The van der Waals surface area contributed by atoms with E-state index >= 15 is 0 Å². The normalized spacial score (nSPS) is 12.3. The summed E-state index contributed by atoms with van der Waals surface area (Å²) in [7, 11) is 0. The Morgan fingerprint density at radius 1 is 1.11 bits per heavy atom. The summed E-state index contributed by atoms with van der Waals surface area (Å²) in [5, 5.41) is 8.74. The molecule has 3 rings (SSSR count). The molecule has 0 aliphatic heterocycles. The third kappa shape index (κ3) is 4.50. The zero-order valence-electron chi connectivity index (χ0n) is 15.9. The first-order valence-corrected chi connectivity index (χ1v) is 9.04. The van der Waals surface area contributed by atoms with Crippen molar-refractivity contribution in [3.63, 3.8) is 0 Å². The highest BCUT2D eigenvalue weighted by atomic mass is 16.2. The van der Waals surface area contributed by atoms with Crippen molar-refractivity contribution in [2.24, 2.45) is 11.0 Å². The molecule has 1 N–H and O–H groups in total. The fraction of sp³-hybridized carbons (Fsp3) is 0.227. The predicted molar refractivity (Wildman–Crippen MR) is 108 cm³/mol. The smallest absolute Gasteiger partial charge is 0.243 e. The molecule has 138 valence electrons. The topological polar surface area (TPSA) is 59.3 Å². The lowest BCUT2D eigenvalue weighted by atomic mass is 10.0. The van der Waals surface area contributed by atoms with Crippen molar-refractivity contribution in [2.45, 2.75) is 27.2 Å². The molecular weight excluding hydrogens is 336 g/mol. The number of aryl methyl sites for hydroxylation is 1. The summed E-state index contributed by atoms with van der Waals surface area (Å²) in [4.78, 5) is 12.3. The third-order valence-corrected chi connectivity index (χ3v) is 4.55. The van der Waals surface area contributed by atoms with Gasteiger partial charge in [-0.15, -0.1) is 0 Å². The first-order chi connectivity index (χ1) is 13.1. The van der Waals surface area contributed by atoms with Gasteiger partial charge in [-0.3, -0.25) is 4.79 Å². The Morgan fingerprint density at radius 3 is 2.41 bits per heavy atom. The number of hydrogen-bond acceptors (Lipinski definition) is 3. The van der Waals surface area contributed by atoms with Gasteiger partial charge in [0.2, 0.25) is 5.91 Å². The maximum Gasteiger partial charge on any atom is 0.243 e. The van der Waals surface area contributed by atoms with Crippen LogP contribution in [0.5, 0.6) is 0 Å². The van der Waals surface area contributed by atoms with Gasteiger partial charge in [0.15, 0.2) is 0 Å². The highest BCUT2D eigenvalue weighted by Gasteiger charge is 2.14. The van der Waals surface area contributed by atoms with Gasteiger partial charge in [-0.1, -0.05) is 55.5 Å². The molecule has 1 aromatic heterocycles. The Labute approximate surface area is 159 Å². The molecule has 3 aromatic rings. The molecule has 0 bridgehead atoms. The highest BCUT2D eigenvalue weighted by molar-refractivity contribution is 5.85. The van der Waals surface area contributed by atoms with Crippen molar-refractivity contribution in [1.29, 1.82) is 0 Å². The molecule has 0 aliphatic carbocycles. The van der Waals surface area contributed by atoms with Gasteiger partial charge in [0, 0.05) is 11.5 Å². The number of nitrogens with zero attached hydrogens (tertiary/aromatic N) is 3. The minimum absolute atomic E-state index is 0.0964. The van der Waals surface area contributed by atoms with Crippen molar-refractivity contribution in [3.8, 4) is 5.69 Å². The molecule has 2 aromatic carbocycles. The number of para-hydroxylation sites is 1. The van der Waals surface area contributed by atoms with Gasteiger partial charge in [-0.25, -0.2) is 10.1 Å². The predicted octanol–water partition coefficient (Wildman–Crippen LogP) is 3.82. The van der Waals surface area contributed by atoms with Crippen LogP contribution in [-0.4, -0.2) is 21.9 Å². The van der Waals surface area contributed by atoms with E-state index in [9.17, 15) is 4.79 Å². The second-order valence-electron chi connectivity index (χ2n) is 6.66. The van der Waals surface area contributed by atoms with Crippen molar-refractivity contribution >= 4 is 12.1 Å². The molecule has 5 nitrogen and oxygen atoms in total. The number of aromatic nitrogens is 2. The largest absolute Gasteiger partial charge is 0.273 e. The molecule has 0 aliphatic rings. The number of carbonyl (C=O) groups excluding carboxylic acids is 1. The molecule has 1 amide bonds. The molecule has 1 atom stereocenters. The van der Waals surface area contributed by atoms with E-state index in [-0.39, 0.29) is 11.8 Å². The number of hydrazone groups is 1. The summed E-state index contributed by atoms with van der Waals surface area (Å²) in [5.74, 6) is -0.250. The first kappa shape index (κ1) is 18.6. The molecule has 1 heterocycles. The van der Waals surface area contributed by atoms with Crippen molar-refractivity contribution in [3.05, 3.63) is 83.2 Å². The quantitative estimate of drug-likeness (QED) is 0.537. The van der Waals surface area contributed by atoms with E-state index in [1.54, 1.807) is 6.21 Å². The molecule has 0 saturated heterocycles. The molecule has 27 heavy (non-hydrogen) atoms. The zero-order chi connectivity index (χ0) is 19.2. The molecule has 0 unspecified atom stereocenters. The SMILES string of the molecule is Cc1nn(-c2ccccc2)c(C)c1/C=N\NC(=O)[C@H](C)Cc1ccccc1. The minimum atomic E-state index is -0.154. The Balaban J connectivity index is 1.66. The molecule has 0 spiro atoms. The van der Waals surface area contributed by atoms with Crippen LogP contribution in [0.2, 0.25) is 0 Å². The van der Waals surface area contributed by atoms with Crippen LogP contribution >= 0.6 is 0 Å². The van der Waals surface area contributed by atoms with Gasteiger partial charge >= 0.3 is 0 Å². The number of carbonyl (C=O) groups is 1. The van der Waals surface area contributed by atoms with Crippen LogP contribution in [0.1, 0.15) is 29.4 Å². The number of hydrogen-bond donors (Lipinski definition) is 1. The van der Waals surface area contributed by atoms with Crippen molar-refractivity contribution in [1.82, 2.24) is 15.2 Å². The molecule has 0 saturated carbocycles. The van der Waals surface area contributed by atoms with Crippen LogP contribution in [0.25, 0.3) is 5.69 Å². The van der Waals surface area contributed by atoms with Crippen LogP contribution in [-0.2, 0) is 11.2 Å². The van der Waals surface area contributed by atoms with Crippen LogP contribution in [0.3, 0.4) is 0 Å². The minimum Gasteiger partial charge on any atom is -0.273 e. The van der Waals surface area contributed by atoms with E-state index in [0.717, 1.165) is 28.2 Å². The van der Waals surface area contributed by atoms with E-state index in [1.807, 2.05) is 86.1 Å². The Bertz CT molecular complexity index is 930. The van der Waals surface area contributed by atoms with Crippen LogP contribution in [0.15, 0.2) is 65.8 Å². The summed E-state index contributed by atoms with van der Waals surface area (Å²) in [6.07, 6.45) is 2.36. The average molecular weight is 360 g/mol. The summed E-state index contributed by atoms with van der Waals surface area (Å²) in [6, 6.07) is 19.9. The number of rotatable bonds is 6. The Hall–Kier alpha value is -3.21. The molecule has 0 fully saturated rings. The van der Waals surface area contributed by atoms with Gasteiger partial charge in [0.25, 0.3) is 0 Å². The van der Waals surface area contributed by atoms with Crippen molar-refractivity contribution < 1.29 is 4.79 Å². The van der Waals surface area contributed by atoms with E-state index < -0.39 is 0 Å². The Kier molecular flexibility index (Phi) is 5.81. The lowest BCUT2D eigenvalue weighted by Crippen LogP contribution is -2.26. The third-order valence-electron chi connectivity index (χ3n) is 4.55. The fourth-order valence-electron chi connectivity index (χ4n) is 2.99. The van der Waals surface area contributed by atoms with E-state index in [0.29, 0.717) is 6.42 Å². The number of benzene rings is 2. The van der Waals surface area contributed by atoms with E-state index in [2.05, 4.69) is 15.6 Å². The highest BCUT2D eigenvalue weighted by Crippen LogP contribution is 2.16. The lowest BCUT2D eigenvalue weighted by molar-refractivity contribution is -0.124. The van der Waals surface area contributed by atoms with Crippen LogP contribution < -0.4 is 5.43 Å². The van der Waals surface area contributed by atoms with Crippen LogP contribution in [0, 0.1) is 19.8 Å². The second-order valence-corrected chi connectivity index (χ2v) is 6.66. The standard InChI is InChI=1S/C22H24N4O/c1-16(14-19-10-6-4-7-11-19)22(27)24-23-15-21-17(2)25-26(18(21)3)20-12-8-5-9-13-20/h4-13,15-16H,14H2,1-3H3,(H,24,27)/b23-15-/t16-/m1/s1. The lowest BCUT2D eigenvalue weighted by Gasteiger charge is -2.09. The monoisotopic (exact) mass is 360 g/mol. The maximum atomic E-state index is 12.3. The van der Waals surface area contributed by atoms with Gasteiger partial charge in [-0.05, 0) is 38.0 Å². The van der Waals surface area contributed by atoms with Gasteiger partial charge in [-0.2, -0.15) is 10.2 Å². The van der Waals surface area contributed by atoms with E-state index in [4.69, 9.17) is 0 Å². The molecule has 0 radical (unpaired) electrons. The first-order valence-electron chi connectivity index (χ1n) is 9.04. The van der Waals surface area contributed by atoms with Gasteiger partial charge < -0.3 is 0 Å². The van der Waals surface area contributed by atoms with Gasteiger partial charge in [0.05, 0.1) is 23.3 Å². The second kappa shape index (κ2) is 8.45. The van der Waals surface area contributed by atoms with Crippen molar-refractivity contribution in [2.75, 3.05) is 0 Å². The summed E-state index contributed by atoms with van der Waals surface area (Å²) in [6.45, 7) is 5.84. The van der Waals surface area contributed by atoms with E-state index in [1.165, 1.54) is 0 Å². The summed E-state index contributed by atoms with van der Waals surface area (Å²) in [5.41, 5.74) is 7.55. The van der Waals surface area contributed by atoms with Gasteiger partial charge in [0.1, 0.15) is 0 Å². The Morgan fingerprint density at radius 2 is 1.74 bits per heavy atom. The molecule has 5 heteroatoms. The number of amides is 1. The van der Waals surface area contributed by atoms with Crippen LogP contribution in [0.4, 0.5) is 0 Å². The summed E-state index contributed by atoms with van der Waals surface area (Å²) < 4.78 is 1.89. The average Bonchev–Trinajstić information content (AvgIpc) is 2.97. The zero-order valence-corrected chi connectivity index (χ0v) is 15.9.